The number of rotatable bonds is 19. The maximum atomic E-state index is 6.11. The SMILES string of the molecule is CCCCCCCCCCCCc1ccc(-c2ccc(OC(C)CCCCCC)cc2)cc1. The van der Waals surface area contributed by atoms with Crippen molar-refractivity contribution in [2.75, 3.05) is 0 Å². The molecule has 0 saturated heterocycles. The molecule has 1 unspecified atom stereocenters. The van der Waals surface area contributed by atoms with E-state index in [2.05, 4.69) is 69.3 Å². The lowest BCUT2D eigenvalue weighted by Gasteiger charge is -2.15. The van der Waals surface area contributed by atoms with Crippen LogP contribution >= 0.6 is 0 Å². The van der Waals surface area contributed by atoms with E-state index in [4.69, 9.17) is 4.74 Å². The Balaban J connectivity index is 1.63. The number of hydrogen-bond acceptors (Lipinski definition) is 1. The average molecular weight is 451 g/mol. The summed E-state index contributed by atoms with van der Waals surface area (Å²) in [6.07, 6.45) is 21.8. The van der Waals surface area contributed by atoms with Crippen LogP contribution in [0.1, 0.15) is 123 Å². The molecule has 0 aliphatic rings. The van der Waals surface area contributed by atoms with Crippen LogP contribution in [0.2, 0.25) is 0 Å². The number of hydrogen-bond donors (Lipinski definition) is 0. The number of unbranched alkanes of at least 4 members (excludes halogenated alkanes) is 12. The highest BCUT2D eigenvalue weighted by molar-refractivity contribution is 5.64. The minimum absolute atomic E-state index is 0.290. The van der Waals surface area contributed by atoms with E-state index >= 15 is 0 Å². The Labute approximate surface area is 205 Å². The summed E-state index contributed by atoms with van der Waals surface area (Å²) in [6.45, 7) is 6.74. The van der Waals surface area contributed by atoms with E-state index in [-0.39, 0.29) is 6.10 Å². The minimum Gasteiger partial charge on any atom is -0.491 e. The predicted molar refractivity (Wildman–Crippen MR) is 146 cm³/mol. The van der Waals surface area contributed by atoms with Gasteiger partial charge in [0.25, 0.3) is 0 Å². The van der Waals surface area contributed by atoms with Crippen molar-refractivity contribution in [2.24, 2.45) is 0 Å². The smallest absolute Gasteiger partial charge is 0.119 e. The van der Waals surface area contributed by atoms with E-state index in [1.54, 1.807) is 0 Å². The molecule has 0 aliphatic heterocycles. The van der Waals surface area contributed by atoms with Crippen LogP contribution in [0.4, 0.5) is 0 Å². The van der Waals surface area contributed by atoms with E-state index < -0.39 is 0 Å². The molecule has 0 aliphatic carbocycles. The first-order chi connectivity index (χ1) is 16.2. The predicted octanol–water partition coefficient (Wildman–Crippen LogP) is 10.6. The molecule has 0 saturated carbocycles. The van der Waals surface area contributed by atoms with Crippen LogP contribution in [0.3, 0.4) is 0 Å². The van der Waals surface area contributed by atoms with Crippen molar-refractivity contribution in [3.05, 3.63) is 54.1 Å². The quantitative estimate of drug-likeness (QED) is 0.193. The fourth-order valence-corrected chi connectivity index (χ4v) is 4.56. The van der Waals surface area contributed by atoms with Gasteiger partial charge in [-0.15, -0.1) is 0 Å². The monoisotopic (exact) mass is 450 g/mol. The van der Waals surface area contributed by atoms with Crippen molar-refractivity contribution in [3.8, 4) is 16.9 Å². The van der Waals surface area contributed by atoms with Gasteiger partial charge in [-0.25, -0.2) is 0 Å². The zero-order valence-electron chi connectivity index (χ0n) is 21.9. The van der Waals surface area contributed by atoms with Crippen molar-refractivity contribution >= 4 is 0 Å². The standard InChI is InChI=1S/C32H50O/c1-4-6-8-10-11-12-13-14-15-17-19-29-20-22-30(23-21-29)31-24-26-32(27-25-31)33-28(3)18-16-9-7-5-2/h20-28H,4-19H2,1-3H3. The van der Waals surface area contributed by atoms with Crippen molar-refractivity contribution in [1.29, 1.82) is 0 Å². The highest BCUT2D eigenvalue weighted by Crippen LogP contribution is 2.24. The van der Waals surface area contributed by atoms with Crippen LogP contribution in [-0.2, 0) is 6.42 Å². The molecule has 1 nitrogen and oxygen atoms in total. The summed E-state index contributed by atoms with van der Waals surface area (Å²) in [6, 6.07) is 17.8. The molecule has 0 amide bonds. The van der Waals surface area contributed by atoms with Gasteiger partial charge in [0.15, 0.2) is 0 Å². The van der Waals surface area contributed by atoms with Gasteiger partial charge in [0.05, 0.1) is 6.10 Å². The van der Waals surface area contributed by atoms with Gasteiger partial charge in [-0.2, -0.15) is 0 Å². The molecule has 0 heterocycles. The molecule has 184 valence electrons. The second kappa shape index (κ2) is 17.7. The van der Waals surface area contributed by atoms with Crippen molar-refractivity contribution in [2.45, 2.75) is 130 Å². The lowest BCUT2D eigenvalue weighted by atomic mass is 10.0. The maximum Gasteiger partial charge on any atom is 0.119 e. The van der Waals surface area contributed by atoms with E-state index in [0.29, 0.717) is 0 Å². The Morgan fingerprint density at radius 3 is 1.55 bits per heavy atom. The van der Waals surface area contributed by atoms with Crippen LogP contribution in [0.15, 0.2) is 48.5 Å². The molecular formula is C32H50O. The second-order valence-corrected chi connectivity index (χ2v) is 9.93. The molecule has 0 radical (unpaired) electrons. The molecule has 0 aromatic heterocycles. The molecule has 2 aromatic carbocycles. The molecule has 0 N–H and O–H groups in total. The van der Waals surface area contributed by atoms with Gasteiger partial charge in [-0.1, -0.05) is 127 Å². The van der Waals surface area contributed by atoms with E-state index in [1.165, 1.54) is 113 Å². The van der Waals surface area contributed by atoms with Gasteiger partial charge < -0.3 is 4.74 Å². The van der Waals surface area contributed by atoms with Crippen LogP contribution in [0, 0.1) is 0 Å². The summed E-state index contributed by atoms with van der Waals surface area (Å²) >= 11 is 0. The zero-order valence-corrected chi connectivity index (χ0v) is 21.9. The van der Waals surface area contributed by atoms with Gasteiger partial charge in [0.2, 0.25) is 0 Å². The van der Waals surface area contributed by atoms with Gasteiger partial charge in [-0.05, 0) is 61.4 Å². The topological polar surface area (TPSA) is 9.23 Å². The third-order valence-electron chi connectivity index (χ3n) is 6.76. The molecule has 0 fully saturated rings. The fourth-order valence-electron chi connectivity index (χ4n) is 4.56. The second-order valence-electron chi connectivity index (χ2n) is 9.93. The Kier molecular flexibility index (Phi) is 14.7. The summed E-state index contributed by atoms with van der Waals surface area (Å²) in [7, 11) is 0. The molecular weight excluding hydrogens is 400 g/mol. The minimum atomic E-state index is 0.290. The molecule has 2 rings (SSSR count). The third kappa shape index (κ3) is 12.3. The lowest BCUT2D eigenvalue weighted by Crippen LogP contribution is -2.11. The van der Waals surface area contributed by atoms with Gasteiger partial charge >= 0.3 is 0 Å². The summed E-state index contributed by atoms with van der Waals surface area (Å²) in [5.41, 5.74) is 4.03. The van der Waals surface area contributed by atoms with E-state index in [1.807, 2.05) is 0 Å². The van der Waals surface area contributed by atoms with Crippen LogP contribution < -0.4 is 4.74 Å². The van der Waals surface area contributed by atoms with Crippen LogP contribution in [0.5, 0.6) is 5.75 Å². The molecule has 0 spiro atoms. The average Bonchev–Trinajstić information content (AvgIpc) is 2.84. The number of aryl methyl sites for hydroxylation is 1. The summed E-state index contributed by atoms with van der Waals surface area (Å²) in [5, 5.41) is 0. The fraction of sp³-hybridized carbons (Fsp3) is 0.625. The third-order valence-corrected chi connectivity index (χ3v) is 6.76. The summed E-state index contributed by atoms with van der Waals surface area (Å²) < 4.78 is 6.11. The highest BCUT2D eigenvalue weighted by Gasteiger charge is 2.05. The van der Waals surface area contributed by atoms with Crippen molar-refractivity contribution in [3.63, 3.8) is 0 Å². The Morgan fingerprint density at radius 1 is 0.545 bits per heavy atom. The number of benzene rings is 2. The lowest BCUT2D eigenvalue weighted by molar-refractivity contribution is 0.206. The summed E-state index contributed by atoms with van der Waals surface area (Å²) in [4.78, 5) is 0. The molecule has 33 heavy (non-hydrogen) atoms. The molecule has 2 aromatic rings. The van der Waals surface area contributed by atoms with E-state index in [0.717, 1.165) is 12.2 Å². The van der Waals surface area contributed by atoms with Crippen molar-refractivity contribution < 1.29 is 4.74 Å². The first-order valence-corrected chi connectivity index (χ1v) is 14.1. The zero-order chi connectivity index (χ0) is 23.6. The first kappa shape index (κ1) is 27.5. The number of ether oxygens (including phenoxy) is 1. The largest absolute Gasteiger partial charge is 0.491 e. The molecule has 1 heteroatoms. The Hall–Kier alpha value is -1.76. The van der Waals surface area contributed by atoms with E-state index in [9.17, 15) is 0 Å². The van der Waals surface area contributed by atoms with Crippen molar-refractivity contribution in [1.82, 2.24) is 0 Å². The molecule has 1 atom stereocenters. The van der Waals surface area contributed by atoms with Gasteiger partial charge in [0, 0.05) is 0 Å². The van der Waals surface area contributed by atoms with Gasteiger partial charge in [-0.3, -0.25) is 0 Å². The van der Waals surface area contributed by atoms with Gasteiger partial charge in [0.1, 0.15) is 5.75 Å². The maximum absolute atomic E-state index is 6.11. The Morgan fingerprint density at radius 2 is 1.00 bits per heavy atom. The first-order valence-electron chi connectivity index (χ1n) is 14.1. The normalized spacial score (nSPS) is 12.1. The van der Waals surface area contributed by atoms with Crippen LogP contribution in [0.25, 0.3) is 11.1 Å². The summed E-state index contributed by atoms with van der Waals surface area (Å²) in [5.74, 6) is 0.985. The molecule has 0 bridgehead atoms. The Bertz CT molecular complexity index is 700. The van der Waals surface area contributed by atoms with Crippen LogP contribution in [-0.4, -0.2) is 6.10 Å². The highest BCUT2D eigenvalue weighted by atomic mass is 16.5.